The molecule has 8 heteroatoms. The predicted molar refractivity (Wildman–Crippen MR) is 83.3 cm³/mol. The highest BCUT2D eigenvalue weighted by molar-refractivity contribution is 7.84. The number of rotatable bonds is 6. The van der Waals surface area contributed by atoms with Crippen molar-refractivity contribution in [3.63, 3.8) is 0 Å². The molecule has 1 N–H and O–H groups in total. The molecule has 0 fully saturated rings. The second kappa shape index (κ2) is 7.16. The fraction of sp³-hybridized carbons (Fsp3) is 0.462. The fourth-order valence-corrected chi connectivity index (χ4v) is 2.85. The molecule has 1 aromatic rings. The molecule has 0 aliphatic rings. The van der Waals surface area contributed by atoms with E-state index in [1.54, 1.807) is 18.2 Å². The van der Waals surface area contributed by atoms with Gasteiger partial charge in [-0.25, -0.2) is 0 Å². The SMILES string of the molecule is CNC(=O)c1ccc(N(C)[C@@H](C)C[S@@](C)=O)c([N+](=O)[O-])c1. The fourth-order valence-electron chi connectivity index (χ4n) is 1.94. The van der Waals surface area contributed by atoms with Crippen molar-refractivity contribution in [3.8, 4) is 0 Å². The van der Waals surface area contributed by atoms with Crippen molar-refractivity contribution >= 4 is 28.1 Å². The Morgan fingerprint density at radius 1 is 1.52 bits per heavy atom. The van der Waals surface area contributed by atoms with Crippen LogP contribution in [0.15, 0.2) is 18.2 Å². The van der Waals surface area contributed by atoms with Gasteiger partial charge >= 0.3 is 0 Å². The zero-order valence-electron chi connectivity index (χ0n) is 12.5. The van der Waals surface area contributed by atoms with E-state index in [1.807, 2.05) is 6.92 Å². The van der Waals surface area contributed by atoms with Gasteiger partial charge in [0.1, 0.15) is 5.69 Å². The van der Waals surface area contributed by atoms with Crippen molar-refractivity contribution in [2.45, 2.75) is 13.0 Å². The molecule has 0 unspecified atom stereocenters. The summed E-state index contributed by atoms with van der Waals surface area (Å²) in [5.74, 6) is 0.0280. The molecule has 0 aromatic heterocycles. The van der Waals surface area contributed by atoms with E-state index in [0.717, 1.165) is 0 Å². The van der Waals surface area contributed by atoms with Crippen molar-refractivity contribution in [2.75, 3.05) is 31.0 Å². The number of anilines is 1. The highest BCUT2D eigenvalue weighted by Crippen LogP contribution is 2.29. The Balaban J connectivity index is 3.20. The number of nitro groups is 1. The molecule has 0 bridgehead atoms. The minimum Gasteiger partial charge on any atom is -0.365 e. The summed E-state index contributed by atoms with van der Waals surface area (Å²) in [5.41, 5.74) is 0.478. The number of carbonyl (C=O) groups excluding carboxylic acids is 1. The zero-order chi connectivity index (χ0) is 16.2. The van der Waals surface area contributed by atoms with Gasteiger partial charge in [0.25, 0.3) is 11.6 Å². The maximum Gasteiger partial charge on any atom is 0.293 e. The number of carbonyl (C=O) groups is 1. The maximum absolute atomic E-state index is 11.6. The number of hydrogen-bond donors (Lipinski definition) is 1. The lowest BCUT2D eigenvalue weighted by Crippen LogP contribution is -2.33. The number of hydrogen-bond acceptors (Lipinski definition) is 5. The van der Waals surface area contributed by atoms with Crippen molar-refractivity contribution in [1.82, 2.24) is 5.32 Å². The first-order valence-electron chi connectivity index (χ1n) is 6.31. The summed E-state index contributed by atoms with van der Waals surface area (Å²) >= 11 is 0. The van der Waals surface area contributed by atoms with Crippen LogP contribution < -0.4 is 10.2 Å². The van der Waals surface area contributed by atoms with Crippen molar-refractivity contribution in [3.05, 3.63) is 33.9 Å². The van der Waals surface area contributed by atoms with Crippen LogP contribution in [0.5, 0.6) is 0 Å². The summed E-state index contributed by atoms with van der Waals surface area (Å²) < 4.78 is 11.3. The average Bonchev–Trinajstić information content (AvgIpc) is 2.44. The van der Waals surface area contributed by atoms with Gasteiger partial charge in [-0.05, 0) is 19.1 Å². The smallest absolute Gasteiger partial charge is 0.293 e. The maximum atomic E-state index is 11.6. The molecule has 1 rings (SSSR count). The van der Waals surface area contributed by atoms with Gasteiger partial charge in [0.05, 0.1) is 4.92 Å². The van der Waals surface area contributed by atoms with E-state index >= 15 is 0 Å². The van der Waals surface area contributed by atoms with E-state index < -0.39 is 15.7 Å². The molecule has 0 heterocycles. The van der Waals surface area contributed by atoms with Crippen molar-refractivity contribution < 1.29 is 13.9 Å². The number of nitro benzene ring substituents is 1. The van der Waals surface area contributed by atoms with Crippen LogP contribution in [0, 0.1) is 10.1 Å². The molecule has 0 saturated heterocycles. The first-order valence-corrected chi connectivity index (χ1v) is 8.04. The highest BCUT2D eigenvalue weighted by Gasteiger charge is 2.22. The lowest BCUT2D eigenvalue weighted by molar-refractivity contribution is -0.384. The van der Waals surface area contributed by atoms with E-state index in [1.165, 1.54) is 25.2 Å². The van der Waals surface area contributed by atoms with E-state index in [2.05, 4.69) is 5.32 Å². The summed E-state index contributed by atoms with van der Waals surface area (Å²) in [4.78, 5) is 24.0. The van der Waals surface area contributed by atoms with Crippen LogP contribution in [0.1, 0.15) is 17.3 Å². The molecule has 1 amide bonds. The molecule has 1 aromatic carbocycles. The van der Waals surface area contributed by atoms with Gasteiger partial charge in [0.15, 0.2) is 0 Å². The van der Waals surface area contributed by atoms with Gasteiger partial charge < -0.3 is 10.2 Å². The third-order valence-electron chi connectivity index (χ3n) is 3.18. The Hall–Kier alpha value is -1.96. The Kier molecular flexibility index (Phi) is 5.83. The van der Waals surface area contributed by atoms with Crippen molar-refractivity contribution in [1.29, 1.82) is 0 Å². The molecular weight excluding hydrogens is 294 g/mol. The van der Waals surface area contributed by atoms with Crippen LogP contribution in [0.25, 0.3) is 0 Å². The second-order valence-corrected chi connectivity index (χ2v) is 6.22. The van der Waals surface area contributed by atoms with Gasteiger partial charge in [-0.3, -0.25) is 19.1 Å². The topological polar surface area (TPSA) is 92.6 Å². The largest absolute Gasteiger partial charge is 0.365 e. The normalized spacial score (nSPS) is 13.3. The molecule has 0 aliphatic carbocycles. The Morgan fingerprint density at radius 2 is 2.14 bits per heavy atom. The predicted octanol–water partition coefficient (Wildman–Crippen LogP) is 1.16. The standard InChI is InChI=1S/C13H19N3O4S/c1-9(8-21(4)20)15(3)11-6-5-10(13(17)14-2)7-12(11)16(18)19/h5-7,9H,8H2,1-4H3,(H,14,17)/t9-,21+/m0/s1. The van der Waals surface area contributed by atoms with Gasteiger partial charge in [-0.2, -0.15) is 0 Å². The Bertz CT molecular complexity index is 577. The third-order valence-corrected chi connectivity index (χ3v) is 4.13. The van der Waals surface area contributed by atoms with Crippen LogP contribution in [-0.2, 0) is 10.8 Å². The zero-order valence-corrected chi connectivity index (χ0v) is 13.3. The Labute approximate surface area is 125 Å². The first-order chi connectivity index (χ1) is 9.77. The lowest BCUT2D eigenvalue weighted by atomic mass is 10.1. The Morgan fingerprint density at radius 3 is 2.62 bits per heavy atom. The number of benzene rings is 1. The minimum absolute atomic E-state index is 0.125. The van der Waals surface area contributed by atoms with Crippen LogP contribution in [-0.4, -0.2) is 47.2 Å². The summed E-state index contributed by atoms with van der Waals surface area (Å²) in [7, 11) is 2.18. The molecule has 0 spiro atoms. The quantitative estimate of drug-likeness (QED) is 0.628. The lowest BCUT2D eigenvalue weighted by Gasteiger charge is -2.26. The molecule has 21 heavy (non-hydrogen) atoms. The van der Waals surface area contributed by atoms with E-state index in [9.17, 15) is 19.1 Å². The number of amides is 1. The van der Waals surface area contributed by atoms with Gasteiger partial charge in [-0.15, -0.1) is 0 Å². The molecule has 2 atom stereocenters. The number of nitrogens with one attached hydrogen (secondary N) is 1. The minimum atomic E-state index is -0.996. The summed E-state index contributed by atoms with van der Waals surface area (Å²) in [5, 5.41) is 13.7. The summed E-state index contributed by atoms with van der Waals surface area (Å²) in [6.07, 6.45) is 1.59. The van der Waals surface area contributed by atoms with Crippen LogP contribution >= 0.6 is 0 Å². The second-order valence-electron chi connectivity index (χ2n) is 4.74. The van der Waals surface area contributed by atoms with E-state index in [-0.39, 0.29) is 23.2 Å². The van der Waals surface area contributed by atoms with E-state index in [4.69, 9.17) is 0 Å². The van der Waals surface area contributed by atoms with E-state index in [0.29, 0.717) is 11.4 Å². The van der Waals surface area contributed by atoms with Crippen LogP contribution in [0.3, 0.4) is 0 Å². The highest BCUT2D eigenvalue weighted by atomic mass is 32.2. The molecule has 116 valence electrons. The molecule has 7 nitrogen and oxygen atoms in total. The van der Waals surface area contributed by atoms with Crippen molar-refractivity contribution in [2.24, 2.45) is 0 Å². The van der Waals surface area contributed by atoms with Crippen LogP contribution in [0.4, 0.5) is 11.4 Å². The molecule has 0 radical (unpaired) electrons. The van der Waals surface area contributed by atoms with Gasteiger partial charge in [-0.1, -0.05) is 0 Å². The van der Waals surface area contributed by atoms with Gasteiger partial charge in [0.2, 0.25) is 0 Å². The summed E-state index contributed by atoms with van der Waals surface area (Å²) in [6, 6.07) is 4.20. The summed E-state index contributed by atoms with van der Waals surface area (Å²) in [6.45, 7) is 1.85. The molecular formula is C13H19N3O4S. The molecule has 0 saturated carbocycles. The molecule has 0 aliphatic heterocycles. The average molecular weight is 313 g/mol. The van der Waals surface area contributed by atoms with Gasteiger partial charge in [0, 0.05) is 54.6 Å². The first kappa shape index (κ1) is 17.1. The van der Waals surface area contributed by atoms with Crippen LogP contribution in [0.2, 0.25) is 0 Å². The monoisotopic (exact) mass is 313 g/mol. The third kappa shape index (κ3) is 4.25. The number of nitrogens with zero attached hydrogens (tertiary/aromatic N) is 2.